The number of benzene rings is 1. The summed E-state index contributed by atoms with van der Waals surface area (Å²) < 4.78 is 0. The SMILES string of the molecule is CCC1N(C)C=CN1CC.c1ccc2ncccc2c1. The molecule has 0 spiro atoms. The van der Waals surface area contributed by atoms with Gasteiger partial charge in [0, 0.05) is 37.6 Å². The molecule has 1 atom stereocenters. The molecule has 0 saturated carbocycles. The Hall–Kier alpha value is -2.03. The molecule has 0 N–H and O–H groups in total. The fourth-order valence-corrected chi connectivity index (χ4v) is 2.48. The van der Waals surface area contributed by atoms with Crippen molar-refractivity contribution in [2.24, 2.45) is 0 Å². The van der Waals surface area contributed by atoms with Crippen LogP contribution in [0.4, 0.5) is 0 Å². The normalized spacial score (nSPS) is 17.2. The Morgan fingerprint density at radius 3 is 2.45 bits per heavy atom. The number of aromatic nitrogens is 1. The Labute approximate surface area is 121 Å². The highest BCUT2D eigenvalue weighted by atomic mass is 15.4. The Bertz CT molecular complexity index is 499. The number of pyridine rings is 1. The summed E-state index contributed by atoms with van der Waals surface area (Å²) in [5.74, 6) is 0. The molecule has 0 saturated heterocycles. The fraction of sp³-hybridized carbons (Fsp3) is 0.353. The molecule has 2 heterocycles. The second-order valence-corrected chi connectivity index (χ2v) is 4.88. The molecule has 0 bridgehead atoms. The highest BCUT2D eigenvalue weighted by Crippen LogP contribution is 2.15. The number of para-hydroxylation sites is 1. The van der Waals surface area contributed by atoms with Gasteiger partial charge in [-0.15, -0.1) is 0 Å². The van der Waals surface area contributed by atoms with Gasteiger partial charge >= 0.3 is 0 Å². The molecule has 1 aromatic heterocycles. The zero-order chi connectivity index (χ0) is 14.4. The van der Waals surface area contributed by atoms with E-state index in [4.69, 9.17) is 0 Å². The standard InChI is InChI=1S/C9H7N.C8H16N2/c1-2-6-9-8(4-1)5-3-7-10-9;1-4-8-9(3)6-7-10(8)5-2/h1-7H;6-8H,4-5H2,1-3H3. The van der Waals surface area contributed by atoms with E-state index in [0.29, 0.717) is 6.17 Å². The molecule has 106 valence electrons. The van der Waals surface area contributed by atoms with E-state index in [-0.39, 0.29) is 0 Å². The van der Waals surface area contributed by atoms with Gasteiger partial charge in [0.05, 0.1) is 5.52 Å². The van der Waals surface area contributed by atoms with Crippen molar-refractivity contribution in [2.45, 2.75) is 26.4 Å². The molecule has 1 aliphatic heterocycles. The summed E-state index contributed by atoms with van der Waals surface area (Å²) in [6.45, 7) is 5.52. The van der Waals surface area contributed by atoms with Gasteiger partial charge in [-0.1, -0.05) is 31.2 Å². The monoisotopic (exact) mass is 269 g/mol. The highest BCUT2D eigenvalue weighted by molar-refractivity contribution is 5.77. The summed E-state index contributed by atoms with van der Waals surface area (Å²) in [5.41, 5.74) is 1.06. The topological polar surface area (TPSA) is 19.4 Å². The third kappa shape index (κ3) is 3.29. The van der Waals surface area contributed by atoms with Gasteiger partial charge in [0.25, 0.3) is 0 Å². The predicted octanol–water partition coefficient (Wildman–Crippen LogP) is 3.70. The summed E-state index contributed by atoms with van der Waals surface area (Å²) in [4.78, 5) is 8.78. The third-order valence-electron chi connectivity index (χ3n) is 3.59. The van der Waals surface area contributed by atoms with E-state index in [2.05, 4.69) is 60.2 Å². The third-order valence-corrected chi connectivity index (χ3v) is 3.59. The second kappa shape index (κ2) is 6.94. The molecule has 3 nitrogen and oxygen atoms in total. The minimum Gasteiger partial charge on any atom is -0.359 e. The minimum absolute atomic E-state index is 0.602. The van der Waals surface area contributed by atoms with Crippen LogP contribution in [0.25, 0.3) is 10.9 Å². The van der Waals surface area contributed by atoms with Crippen LogP contribution in [0, 0.1) is 0 Å². The molecule has 1 unspecified atom stereocenters. The molecule has 1 aliphatic rings. The first-order chi connectivity index (χ1) is 9.76. The molecule has 1 aromatic carbocycles. The fourth-order valence-electron chi connectivity index (χ4n) is 2.48. The van der Waals surface area contributed by atoms with Crippen molar-refractivity contribution < 1.29 is 0 Å². The molecule has 3 rings (SSSR count). The summed E-state index contributed by atoms with van der Waals surface area (Å²) in [6.07, 6.45) is 7.90. The molecular formula is C17H23N3. The van der Waals surface area contributed by atoms with E-state index in [9.17, 15) is 0 Å². The maximum atomic E-state index is 4.18. The minimum atomic E-state index is 0.602. The van der Waals surface area contributed by atoms with Crippen molar-refractivity contribution in [3.63, 3.8) is 0 Å². The van der Waals surface area contributed by atoms with Crippen molar-refractivity contribution in [2.75, 3.05) is 13.6 Å². The number of fused-ring (bicyclic) bond motifs is 1. The first-order valence-electron chi connectivity index (χ1n) is 7.22. The van der Waals surface area contributed by atoms with E-state index >= 15 is 0 Å². The molecule has 2 aromatic rings. The molecule has 0 aliphatic carbocycles. The van der Waals surface area contributed by atoms with Crippen LogP contribution in [-0.4, -0.2) is 34.5 Å². The van der Waals surface area contributed by atoms with Crippen molar-refractivity contribution in [1.82, 2.24) is 14.8 Å². The van der Waals surface area contributed by atoms with Crippen LogP contribution in [0.2, 0.25) is 0 Å². The van der Waals surface area contributed by atoms with Gasteiger partial charge < -0.3 is 9.80 Å². The van der Waals surface area contributed by atoms with Crippen molar-refractivity contribution in [1.29, 1.82) is 0 Å². The lowest BCUT2D eigenvalue weighted by molar-refractivity contribution is 0.178. The van der Waals surface area contributed by atoms with Crippen molar-refractivity contribution in [3.8, 4) is 0 Å². The van der Waals surface area contributed by atoms with E-state index in [0.717, 1.165) is 12.1 Å². The van der Waals surface area contributed by atoms with E-state index in [1.807, 2.05) is 30.5 Å². The van der Waals surface area contributed by atoms with Crippen molar-refractivity contribution >= 4 is 10.9 Å². The summed E-state index contributed by atoms with van der Waals surface area (Å²) in [5, 5.41) is 1.20. The van der Waals surface area contributed by atoms with Crippen LogP contribution in [0.1, 0.15) is 20.3 Å². The lowest BCUT2D eigenvalue weighted by Crippen LogP contribution is -2.35. The molecule has 20 heavy (non-hydrogen) atoms. The first kappa shape index (κ1) is 14.4. The molecule has 0 radical (unpaired) electrons. The van der Waals surface area contributed by atoms with Crippen molar-refractivity contribution in [3.05, 3.63) is 55.0 Å². The Morgan fingerprint density at radius 2 is 1.80 bits per heavy atom. The van der Waals surface area contributed by atoms with Gasteiger partial charge in [-0.3, -0.25) is 4.98 Å². The summed E-state index contributed by atoms with van der Waals surface area (Å²) in [7, 11) is 2.13. The predicted molar refractivity (Wildman–Crippen MR) is 85.1 cm³/mol. The lowest BCUT2D eigenvalue weighted by Gasteiger charge is -2.28. The van der Waals surface area contributed by atoms with E-state index in [1.54, 1.807) is 0 Å². The molecular weight excluding hydrogens is 246 g/mol. The van der Waals surface area contributed by atoms with Gasteiger partial charge in [-0.25, -0.2) is 0 Å². The largest absolute Gasteiger partial charge is 0.359 e. The Morgan fingerprint density at radius 1 is 1.05 bits per heavy atom. The quantitative estimate of drug-likeness (QED) is 0.828. The summed E-state index contributed by atoms with van der Waals surface area (Å²) in [6, 6.07) is 12.1. The number of hydrogen-bond acceptors (Lipinski definition) is 3. The smallest absolute Gasteiger partial charge is 0.100 e. The van der Waals surface area contributed by atoms with E-state index < -0.39 is 0 Å². The highest BCUT2D eigenvalue weighted by Gasteiger charge is 2.18. The molecule has 0 fully saturated rings. The zero-order valence-electron chi connectivity index (χ0n) is 12.5. The van der Waals surface area contributed by atoms with Gasteiger partial charge in [-0.2, -0.15) is 0 Å². The maximum Gasteiger partial charge on any atom is 0.100 e. The van der Waals surface area contributed by atoms with Crippen LogP contribution < -0.4 is 0 Å². The van der Waals surface area contributed by atoms with Gasteiger partial charge in [0.15, 0.2) is 0 Å². The Kier molecular flexibility index (Phi) is 4.99. The first-order valence-corrected chi connectivity index (χ1v) is 7.22. The number of rotatable bonds is 2. The number of hydrogen-bond donors (Lipinski definition) is 0. The lowest BCUT2D eigenvalue weighted by atomic mass is 10.2. The Balaban J connectivity index is 0.000000147. The average molecular weight is 269 g/mol. The van der Waals surface area contributed by atoms with Crippen LogP contribution in [0.15, 0.2) is 55.0 Å². The second-order valence-electron chi connectivity index (χ2n) is 4.88. The van der Waals surface area contributed by atoms with Crippen LogP contribution in [0.3, 0.4) is 0 Å². The molecule has 3 heteroatoms. The zero-order valence-corrected chi connectivity index (χ0v) is 12.5. The van der Waals surface area contributed by atoms with Crippen LogP contribution >= 0.6 is 0 Å². The van der Waals surface area contributed by atoms with Gasteiger partial charge in [-0.05, 0) is 25.5 Å². The summed E-state index contributed by atoms with van der Waals surface area (Å²) >= 11 is 0. The van der Waals surface area contributed by atoms with Crippen LogP contribution in [0.5, 0.6) is 0 Å². The van der Waals surface area contributed by atoms with Gasteiger partial charge in [0.2, 0.25) is 0 Å². The van der Waals surface area contributed by atoms with Gasteiger partial charge in [0.1, 0.15) is 6.17 Å². The maximum absolute atomic E-state index is 4.18. The molecule has 0 amide bonds. The average Bonchev–Trinajstić information content (AvgIpc) is 2.88. The number of nitrogens with zero attached hydrogens (tertiary/aromatic N) is 3. The van der Waals surface area contributed by atoms with Crippen LogP contribution in [-0.2, 0) is 0 Å². The van der Waals surface area contributed by atoms with E-state index in [1.165, 1.54) is 11.8 Å².